The Morgan fingerprint density at radius 1 is 1.16 bits per heavy atom. The zero-order chi connectivity index (χ0) is 26.3. The smallest absolute Gasteiger partial charge is 0.291 e. The molecule has 2 aromatic carbocycles. The van der Waals surface area contributed by atoms with Crippen LogP contribution in [-0.4, -0.2) is 38.2 Å². The number of anilines is 2. The zero-order valence-electron chi connectivity index (χ0n) is 20.1. The van der Waals surface area contributed by atoms with Gasteiger partial charge >= 0.3 is 0 Å². The molecule has 0 saturated heterocycles. The van der Waals surface area contributed by atoms with Crippen molar-refractivity contribution in [2.24, 2.45) is 0 Å². The van der Waals surface area contributed by atoms with E-state index in [0.29, 0.717) is 17.1 Å². The van der Waals surface area contributed by atoms with Gasteiger partial charge in [-0.05, 0) is 55.7 Å². The van der Waals surface area contributed by atoms with E-state index in [1.807, 2.05) is 23.8 Å². The van der Waals surface area contributed by atoms with E-state index in [1.165, 1.54) is 7.11 Å². The van der Waals surface area contributed by atoms with Crippen molar-refractivity contribution in [3.63, 3.8) is 0 Å². The first-order valence-corrected chi connectivity index (χ1v) is 11.6. The maximum atomic E-state index is 13.9. The summed E-state index contributed by atoms with van der Waals surface area (Å²) < 4.78 is 49.7. The molecule has 5 rings (SSSR count). The van der Waals surface area contributed by atoms with Crippen LogP contribution in [0.15, 0.2) is 53.7 Å². The lowest BCUT2D eigenvalue weighted by Gasteiger charge is -2.20. The van der Waals surface area contributed by atoms with Crippen molar-refractivity contribution in [2.75, 3.05) is 19.0 Å². The van der Waals surface area contributed by atoms with E-state index in [0.717, 1.165) is 41.0 Å². The molecule has 1 saturated carbocycles. The number of ether oxygens (including phenoxy) is 1. The Morgan fingerprint density at radius 3 is 2.49 bits per heavy atom. The molecule has 2 N–H and O–H groups in total. The zero-order valence-corrected chi connectivity index (χ0v) is 20.1. The number of aryl methyl sites for hydroxylation is 1. The molecule has 1 aliphatic carbocycles. The second-order valence-corrected chi connectivity index (χ2v) is 8.94. The van der Waals surface area contributed by atoms with E-state index in [1.54, 1.807) is 24.5 Å². The maximum absolute atomic E-state index is 13.9. The Hall–Kier alpha value is -4.12. The molecule has 1 fully saturated rings. The highest BCUT2D eigenvalue weighted by molar-refractivity contribution is 5.65. The standard InChI is InChI=1S/C26H24F3N5O3/c1-14-11-33(13-30-14)22-6-5-17(9-24(22)37-2)31-21-10-20(15-3-4-15)32-34(26(21)36)23(12-35)16-7-18(27)25(29)19(28)8-16/h5-11,13,15,23,31,35H,3-4,12H2,1-2H3/t23-/m0/s1. The molecule has 0 unspecified atom stereocenters. The molecule has 8 nitrogen and oxygen atoms in total. The highest BCUT2D eigenvalue weighted by Gasteiger charge is 2.29. The molecule has 2 heterocycles. The van der Waals surface area contributed by atoms with Gasteiger partial charge in [0.2, 0.25) is 0 Å². The number of aliphatic hydroxyl groups is 1. The van der Waals surface area contributed by atoms with Gasteiger partial charge in [-0.3, -0.25) is 4.79 Å². The number of nitrogens with zero attached hydrogens (tertiary/aromatic N) is 4. The molecular formula is C26H24F3N5O3. The highest BCUT2D eigenvalue weighted by Crippen LogP contribution is 2.40. The number of nitrogens with one attached hydrogen (secondary N) is 1. The summed E-state index contributed by atoms with van der Waals surface area (Å²) in [6.45, 7) is 1.19. The first-order chi connectivity index (χ1) is 17.8. The number of methoxy groups -OCH3 is 1. The van der Waals surface area contributed by atoms with Crippen LogP contribution >= 0.6 is 0 Å². The van der Waals surface area contributed by atoms with Crippen LogP contribution in [-0.2, 0) is 0 Å². The van der Waals surface area contributed by atoms with Crippen molar-refractivity contribution in [1.82, 2.24) is 19.3 Å². The lowest BCUT2D eigenvalue weighted by Crippen LogP contribution is -2.32. The topological polar surface area (TPSA) is 94.2 Å². The third-order valence-corrected chi connectivity index (χ3v) is 6.26. The van der Waals surface area contributed by atoms with Gasteiger partial charge in [0.1, 0.15) is 17.5 Å². The monoisotopic (exact) mass is 511 g/mol. The number of rotatable bonds is 8. The SMILES string of the molecule is COc1cc(Nc2cc(C3CC3)nn([C@@H](CO)c3cc(F)c(F)c(F)c3)c2=O)ccc1-n1cnc(C)c1. The van der Waals surface area contributed by atoms with Crippen molar-refractivity contribution in [2.45, 2.75) is 31.7 Å². The molecule has 4 aromatic rings. The second-order valence-electron chi connectivity index (χ2n) is 8.94. The summed E-state index contributed by atoms with van der Waals surface area (Å²) in [5.74, 6) is -3.81. The van der Waals surface area contributed by atoms with Gasteiger partial charge in [-0.15, -0.1) is 0 Å². The summed E-state index contributed by atoms with van der Waals surface area (Å²) in [6.07, 6.45) is 5.27. The number of imidazole rings is 1. The largest absolute Gasteiger partial charge is 0.494 e. The lowest BCUT2D eigenvalue weighted by molar-refractivity contribution is 0.235. The third-order valence-electron chi connectivity index (χ3n) is 6.26. The summed E-state index contributed by atoms with van der Waals surface area (Å²) >= 11 is 0. The summed E-state index contributed by atoms with van der Waals surface area (Å²) in [6, 6.07) is 7.22. The predicted molar refractivity (Wildman–Crippen MR) is 130 cm³/mol. The van der Waals surface area contributed by atoms with Crippen LogP contribution in [0.3, 0.4) is 0 Å². The van der Waals surface area contributed by atoms with E-state index in [9.17, 15) is 23.1 Å². The Morgan fingerprint density at radius 2 is 1.89 bits per heavy atom. The Balaban J connectivity index is 1.55. The summed E-state index contributed by atoms with van der Waals surface area (Å²) in [4.78, 5) is 17.7. The summed E-state index contributed by atoms with van der Waals surface area (Å²) in [7, 11) is 1.53. The van der Waals surface area contributed by atoms with Crippen molar-refractivity contribution in [1.29, 1.82) is 0 Å². The van der Waals surface area contributed by atoms with Gasteiger partial charge in [-0.2, -0.15) is 5.10 Å². The van der Waals surface area contributed by atoms with Crippen LogP contribution in [0.1, 0.15) is 41.8 Å². The molecule has 0 radical (unpaired) electrons. The number of aromatic nitrogens is 4. The van der Waals surface area contributed by atoms with Gasteiger partial charge in [-0.1, -0.05) is 0 Å². The molecule has 0 spiro atoms. The molecule has 11 heteroatoms. The van der Waals surface area contributed by atoms with Gasteiger partial charge in [0.15, 0.2) is 17.5 Å². The summed E-state index contributed by atoms with van der Waals surface area (Å²) in [5.41, 5.74) is 2.16. The number of hydrogen-bond acceptors (Lipinski definition) is 6. The van der Waals surface area contributed by atoms with E-state index in [-0.39, 0.29) is 17.2 Å². The first-order valence-electron chi connectivity index (χ1n) is 11.6. The fraction of sp³-hybridized carbons (Fsp3) is 0.269. The van der Waals surface area contributed by atoms with Crippen LogP contribution in [0.5, 0.6) is 5.75 Å². The van der Waals surface area contributed by atoms with Crippen LogP contribution in [0.2, 0.25) is 0 Å². The quantitative estimate of drug-likeness (QED) is 0.342. The van der Waals surface area contributed by atoms with Crippen LogP contribution in [0, 0.1) is 24.4 Å². The summed E-state index contributed by atoms with van der Waals surface area (Å²) in [5, 5.41) is 17.5. The fourth-order valence-electron chi connectivity index (χ4n) is 4.18. The Bertz CT molecular complexity index is 1510. The van der Waals surface area contributed by atoms with E-state index in [4.69, 9.17) is 4.74 Å². The maximum Gasteiger partial charge on any atom is 0.291 e. The highest BCUT2D eigenvalue weighted by atomic mass is 19.2. The van der Waals surface area contributed by atoms with Gasteiger partial charge < -0.3 is 19.7 Å². The molecule has 0 bridgehead atoms. The molecule has 2 aromatic heterocycles. The van der Waals surface area contributed by atoms with Crippen molar-refractivity contribution >= 4 is 11.4 Å². The molecule has 1 aliphatic rings. The number of benzene rings is 2. The molecular weight excluding hydrogens is 487 g/mol. The minimum Gasteiger partial charge on any atom is -0.494 e. The third kappa shape index (κ3) is 4.82. The average molecular weight is 512 g/mol. The van der Waals surface area contributed by atoms with Crippen LogP contribution in [0.25, 0.3) is 5.69 Å². The number of halogens is 3. The lowest BCUT2D eigenvalue weighted by atomic mass is 10.1. The van der Waals surface area contributed by atoms with Gasteiger partial charge in [0.25, 0.3) is 5.56 Å². The average Bonchev–Trinajstić information content (AvgIpc) is 3.65. The van der Waals surface area contributed by atoms with E-state index < -0.39 is 35.7 Å². The molecule has 192 valence electrons. The number of aliphatic hydroxyl groups excluding tert-OH is 1. The first kappa shape index (κ1) is 24.6. The van der Waals surface area contributed by atoms with Crippen LogP contribution < -0.4 is 15.6 Å². The second kappa shape index (κ2) is 9.74. The Labute approximate surface area is 210 Å². The van der Waals surface area contributed by atoms with E-state index >= 15 is 0 Å². The normalized spacial score (nSPS) is 14.0. The minimum absolute atomic E-state index is 0.117. The predicted octanol–water partition coefficient (Wildman–Crippen LogP) is 4.37. The molecule has 37 heavy (non-hydrogen) atoms. The van der Waals surface area contributed by atoms with Gasteiger partial charge in [0, 0.05) is 23.9 Å². The number of hydrogen-bond donors (Lipinski definition) is 2. The van der Waals surface area contributed by atoms with E-state index in [2.05, 4.69) is 15.4 Å². The van der Waals surface area contributed by atoms with Crippen molar-refractivity contribution in [3.8, 4) is 11.4 Å². The van der Waals surface area contributed by atoms with Crippen molar-refractivity contribution < 1.29 is 23.0 Å². The Kier molecular flexibility index (Phi) is 6.46. The van der Waals surface area contributed by atoms with Crippen LogP contribution in [0.4, 0.5) is 24.5 Å². The fourth-order valence-corrected chi connectivity index (χ4v) is 4.18. The molecule has 0 aliphatic heterocycles. The molecule has 1 atom stereocenters. The van der Waals surface area contributed by atoms with Gasteiger partial charge in [0.05, 0.1) is 37.1 Å². The minimum atomic E-state index is -1.63. The molecule has 0 amide bonds. The van der Waals surface area contributed by atoms with Gasteiger partial charge in [-0.25, -0.2) is 22.8 Å². The van der Waals surface area contributed by atoms with Crippen molar-refractivity contribution in [3.05, 3.63) is 93.7 Å².